The summed E-state index contributed by atoms with van der Waals surface area (Å²) in [5.74, 6) is -0.215. The molecule has 0 N–H and O–H groups in total. The monoisotopic (exact) mass is 314 g/mol. The highest BCUT2D eigenvalue weighted by Crippen LogP contribution is 2.09. The number of quaternary nitrogens is 1. The Kier molecular flexibility index (Phi) is 5.50. The van der Waals surface area contributed by atoms with Crippen molar-refractivity contribution in [2.24, 2.45) is 0 Å². The molecule has 0 aliphatic heterocycles. The molecule has 0 bridgehead atoms. The smallest absolute Gasteiger partial charge is 0.310 e. The molecule has 0 fully saturated rings. The Bertz CT molecular complexity index is 658. The number of methoxy groups -OCH3 is 1. The molecule has 0 unspecified atom stereocenters. The number of carbonyl (C=O) groups is 1. The Morgan fingerprint density at radius 3 is 2.30 bits per heavy atom. The maximum absolute atomic E-state index is 11.4. The van der Waals surface area contributed by atoms with Crippen molar-refractivity contribution >= 4 is 5.97 Å². The van der Waals surface area contributed by atoms with Crippen LogP contribution in [0.3, 0.4) is 0 Å². The van der Waals surface area contributed by atoms with E-state index in [0.29, 0.717) is 6.42 Å². The lowest BCUT2D eigenvalue weighted by molar-refractivity contribution is -0.884. The van der Waals surface area contributed by atoms with Crippen LogP contribution in [0.1, 0.15) is 16.7 Å². The van der Waals surface area contributed by atoms with Crippen LogP contribution in [0.2, 0.25) is 0 Å². The predicted molar refractivity (Wildman–Crippen MR) is 89.6 cm³/mol. The molecular formula is C19H26N2O2+2. The fourth-order valence-corrected chi connectivity index (χ4v) is 2.53. The van der Waals surface area contributed by atoms with E-state index in [1.165, 1.54) is 18.2 Å². The number of nitrogens with zero attached hydrogens (tertiary/aromatic N) is 2. The molecule has 0 spiro atoms. The zero-order chi connectivity index (χ0) is 16.9. The molecular weight excluding hydrogens is 288 g/mol. The average Bonchev–Trinajstić information content (AvgIpc) is 2.48. The second kappa shape index (κ2) is 7.38. The van der Waals surface area contributed by atoms with Gasteiger partial charge in [-0.15, -0.1) is 0 Å². The second-order valence-electron chi connectivity index (χ2n) is 6.90. The maximum atomic E-state index is 11.4. The standard InChI is InChI=1S/C19H26N2O2/c1-21(2,3)15-17-9-7-16(8-10-17)13-20-11-5-6-18(14-20)12-19(22)23-4/h5-11,14H,12-13,15H2,1-4H3/q+2. The minimum absolute atomic E-state index is 0.215. The van der Waals surface area contributed by atoms with Crippen molar-refractivity contribution in [3.05, 3.63) is 65.5 Å². The fraction of sp³-hybridized carbons (Fsp3) is 0.368. The minimum Gasteiger partial charge on any atom is -0.469 e. The summed E-state index contributed by atoms with van der Waals surface area (Å²) in [6.45, 7) is 1.81. The van der Waals surface area contributed by atoms with Gasteiger partial charge in [0.15, 0.2) is 18.9 Å². The Labute approximate surface area is 138 Å². The van der Waals surface area contributed by atoms with E-state index in [9.17, 15) is 4.79 Å². The maximum Gasteiger partial charge on any atom is 0.310 e. The van der Waals surface area contributed by atoms with Crippen LogP contribution in [0.25, 0.3) is 0 Å². The van der Waals surface area contributed by atoms with Crippen molar-refractivity contribution in [3.63, 3.8) is 0 Å². The normalized spacial score (nSPS) is 11.3. The lowest BCUT2D eigenvalue weighted by Crippen LogP contribution is -2.34. The van der Waals surface area contributed by atoms with Gasteiger partial charge in [0.05, 0.1) is 34.7 Å². The van der Waals surface area contributed by atoms with Crippen LogP contribution >= 0.6 is 0 Å². The summed E-state index contributed by atoms with van der Waals surface area (Å²) in [6, 6.07) is 12.6. The van der Waals surface area contributed by atoms with E-state index in [1.54, 1.807) is 0 Å². The Morgan fingerprint density at radius 1 is 1.04 bits per heavy atom. The lowest BCUT2D eigenvalue weighted by Gasteiger charge is -2.23. The number of aromatic nitrogens is 1. The molecule has 2 rings (SSSR count). The van der Waals surface area contributed by atoms with E-state index in [-0.39, 0.29) is 5.97 Å². The van der Waals surface area contributed by atoms with Crippen LogP contribution < -0.4 is 4.57 Å². The Balaban J connectivity index is 2.04. The number of hydrogen-bond acceptors (Lipinski definition) is 2. The summed E-state index contributed by atoms with van der Waals surface area (Å²) < 4.78 is 7.73. The molecule has 4 nitrogen and oxygen atoms in total. The number of hydrogen-bond donors (Lipinski definition) is 0. The molecule has 0 radical (unpaired) electrons. The largest absolute Gasteiger partial charge is 0.469 e. The Hall–Kier alpha value is -2.20. The van der Waals surface area contributed by atoms with Crippen LogP contribution in [0.15, 0.2) is 48.8 Å². The van der Waals surface area contributed by atoms with Crippen LogP contribution in [-0.2, 0) is 29.0 Å². The molecule has 0 saturated carbocycles. The zero-order valence-electron chi connectivity index (χ0n) is 14.5. The molecule has 4 heteroatoms. The third kappa shape index (κ3) is 5.83. The molecule has 0 saturated heterocycles. The van der Waals surface area contributed by atoms with Gasteiger partial charge in [0, 0.05) is 22.8 Å². The molecule has 1 aromatic heterocycles. The van der Waals surface area contributed by atoms with Gasteiger partial charge in [-0.1, -0.05) is 24.3 Å². The van der Waals surface area contributed by atoms with Crippen LogP contribution in [0.4, 0.5) is 0 Å². The van der Waals surface area contributed by atoms with Gasteiger partial charge in [-0.05, 0) is 6.07 Å². The first-order valence-corrected chi connectivity index (χ1v) is 7.79. The molecule has 0 aliphatic carbocycles. The topological polar surface area (TPSA) is 30.2 Å². The van der Waals surface area contributed by atoms with E-state index >= 15 is 0 Å². The molecule has 0 atom stereocenters. The molecule has 0 amide bonds. The summed E-state index contributed by atoms with van der Waals surface area (Å²) in [5, 5.41) is 0. The average molecular weight is 314 g/mol. The predicted octanol–water partition coefficient (Wildman–Crippen LogP) is 1.94. The minimum atomic E-state index is -0.215. The van der Waals surface area contributed by atoms with Gasteiger partial charge in [0.1, 0.15) is 6.54 Å². The third-order valence-corrected chi connectivity index (χ3v) is 3.54. The number of benzene rings is 1. The Morgan fingerprint density at radius 2 is 1.70 bits per heavy atom. The van der Waals surface area contributed by atoms with Crippen molar-refractivity contribution in [2.45, 2.75) is 19.5 Å². The highest BCUT2D eigenvalue weighted by molar-refractivity contribution is 5.72. The van der Waals surface area contributed by atoms with Crippen molar-refractivity contribution in [1.29, 1.82) is 0 Å². The van der Waals surface area contributed by atoms with Crippen molar-refractivity contribution in [2.75, 3.05) is 28.3 Å². The van der Waals surface area contributed by atoms with Crippen molar-refractivity contribution in [1.82, 2.24) is 0 Å². The van der Waals surface area contributed by atoms with Crippen LogP contribution in [-0.4, -0.2) is 38.7 Å². The van der Waals surface area contributed by atoms with Gasteiger partial charge in [0.2, 0.25) is 0 Å². The quantitative estimate of drug-likeness (QED) is 0.463. The first-order chi connectivity index (χ1) is 10.9. The van der Waals surface area contributed by atoms with Crippen molar-refractivity contribution < 1.29 is 18.6 Å². The highest BCUT2D eigenvalue weighted by Gasteiger charge is 2.10. The number of esters is 1. The van der Waals surface area contributed by atoms with Gasteiger partial charge in [-0.25, -0.2) is 4.57 Å². The van der Waals surface area contributed by atoms with Crippen molar-refractivity contribution in [3.8, 4) is 0 Å². The fourth-order valence-electron chi connectivity index (χ4n) is 2.53. The van der Waals surface area contributed by atoms with Gasteiger partial charge >= 0.3 is 5.97 Å². The number of rotatable bonds is 6. The molecule has 23 heavy (non-hydrogen) atoms. The molecule has 2 aromatic rings. The summed E-state index contributed by atoms with van der Waals surface area (Å²) in [4.78, 5) is 11.4. The molecule has 1 aromatic carbocycles. The molecule has 1 heterocycles. The SMILES string of the molecule is COC(=O)Cc1ccc[n+](Cc2ccc(C[N+](C)(C)C)cc2)c1. The molecule has 122 valence electrons. The third-order valence-electron chi connectivity index (χ3n) is 3.54. The summed E-state index contributed by atoms with van der Waals surface area (Å²) in [5.41, 5.74) is 3.54. The summed E-state index contributed by atoms with van der Waals surface area (Å²) >= 11 is 0. The van der Waals surface area contributed by atoms with Gasteiger partial charge in [-0.2, -0.15) is 0 Å². The van der Waals surface area contributed by atoms with E-state index in [0.717, 1.165) is 23.1 Å². The molecule has 0 aliphatic rings. The van der Waals surface area contributed by atoms with E-state index in [2.05, 4.69) is 50.0 Å². The van der Waals surface area contributed by atoms with E-state index in [1.807, 2.05) is 24.5 Å². The number of ether oxygens (including phenoxy) is 1. The number of carbonyl (C=O) groups excluding carboxylic acids is 1. The second-order valence-corrected chi connectivity index (χ2v) is 6.90. The van der Waals surface area contributed by atoms with Gasteiger partial charge in [-0.3, -0.25) is 4.79 Å². The number of pyridine rings is 1. The van der Waals surface area contributed by atoms with Crippen LogP contribution in [0, 0.1) is 0 Å². The van der Waals surface area contributed by atoms with E-state index < -0.39 is 0 Å². The first kappa shape index (κ1) is 17.2. The summed E-state index contributed by atoms with van der Waals surface area (Å²) in [6.07, 6.45) is 4.32. The van der Waals surface area contributed by atoms with Gasteiger partial charge in [0.25, 0.3) is 0 Å². The van der Waals surface area contributed by atoms with Gasteiger partial charge < -0.3 is 9.22 Å². The van der Waals surface area contributed by atoms with E-state index in [4.69, 9.17) is 4.74 Å². The summed E-state index contributed by atoms with van der Waals surface area (Å²) in [7, 11) is 7.99. The highest BCUT2D eigenvalue weighted by atomic mass is 16.5. The zero-order valence-corrected chi connectivity index (χ0v) is 14.5. The first-order valence-electron chi connectivity index (χ1n) is 7.79. The van der Waals surface area contributed by atoms with Crippen LogP contribution in [0.5, 0.6) is 0 Å². The lowest BCUT2D eigenvalue weighted by atomic mass is 10.1.